The molecule has 0 aliphatic heterocycles. The number of halogens is 2. The van der Waals surface area contributed by atoms with Gasteiger partial charge in [0.25, 0.3) is 0 Å². The van der Waals surface area contributed by atoms with Gasteiger partial charge in [-0.25, -0.2) is 0 Å². The third-order valence-electron chi connectivity index (χ3n) is 5.95. The van der Waals surface area contributed by atoms with E-state index in [1.54, 1.807) is 45.0 Å². The van der Waals surface area contributed by atoms with E-state index in [2.05, 4.69) is 20.8 Å². The van der Waals surface area contributed by atoms with E-state index in [0.29, 0.717) is 5.02 Å². The van der Waals surface area contributed by atoms with E-state index in [1.807, 2.05) is 18.2 Å². The maximum absolute atomic E-state index is 13.0. The molecule has 0 saturated carbocycles. The Morgan fingerprint density at radius 2 is 1.65 bits per heavy atom. The molecule has 0 bridgehead atoms. The van der Waals surface area contributed by atoms with Crippen molar-refractivity contribution in [1.29, 1.82) is 0 Å². The Morgan fingerprint density at radius 3 is 2.17 bits per heavy atom. The van der Waals surface area contributed by atoms with Crippen LogP contribution in [0.1, 0.15) is 73.6 Å². The standard InChI is InChI=1S/C19H24Cl2NO4PS.C11H24O/c1-19(2,3)26-18(23)27(22,24-4,25-5)17-10-9-15(12-16(17)21)28-14-8-6-7-13(20)11-14;1-4-6-7-9-12-10-11(3)8-5-2/h6-12H,22H2,1-5H3;11H,4-10H2,1-3H3. The second-order valence-electron chi connectivity index (χ2n) is 10.7. The molecule has 0 amide bonds. The summed E-state index contributed by atoms with van der Waals surface area (Å²) in [6.07, 6.45) is 6.40. The average Bonchev–Trinajstić information content (AvgIpc) is 2.88. The van der Waals surface area contributed by atoms with Crippen LogP contribution in [0, 0.1) is 5.92 Å². The van der Waals surface area contributed by atoms with Crippen LogP contribution in [0.5, 0.6) is 0 Å². The Balaban J connectivity index is 0.000000562. The molecule has 0 fully saturated rings. The molecule has 10 heteroatoms. The third kappa shape index (κ3) is 11.4. The molecular formula is C30H48Cl2NO5PS. The summed E-state index contributed by atoms with van der Waals surface area (Å²) in [4.78, 5) is 14.8. The number of carbonyl (C=O) groups is 1. The van der Waals surface area contributed by atoms with Gasteiger partial charge in [-0.1, -0.05) is 40.0 Å². The number of hydrogen-bond acceptors (Lipinski definition) is 7. The van der Waals surface area contributed by atoms with Gasteiger partial charge in [-0.2, -0.15) is 0 Å². The second kappa shape index (κ2) is 17.3. The normalized spacial score (nSPS) is 13.5. The van der Waals surface area contributed by atoms with Crippen molar-refractivity contribution in [3.63, 3.8) is 0 Å². The van der Waals surface area contributed by atoms with Crippen molar-refractivity contribution < 1.29 is 23.3 Å². The number of nitrogens with two attached hydrogens (primary N) is 1. The summed E-state index contributed by atoms with van der Waals surface area (Å²) in [6, 6.07) is 12.6. The maximum atomic E-state index is 13.0. The van der Waals surface area contributed by atoms with Crippen LogP contribution in [0.4, 0.5) is 4.79 Å². The first-order valence-corrected chi connectivity index (χ1v) is 17.4. The van der Waals surface area contributed by atoms with Gasteiger partial charge in [-0.3, -0.25) is 0 Å². The molecule has 0 saturated heterocycles. The van der Waals surface area contributed by atoms with Crippen molar-refractivity contribution in [2.45, 2.75) is 89.0 Å². The average molecular weight is 637 g/mol. The molecule has 0 radical (unpaired) electrons. The van der Waals surface area contributed by atoms with Crippen LogP contribution in [0.25, 0.3) is 0 Å². The first-order chi connectivity index (χ1) is 18.7. The zero-order chi connectivity index (χ0) is 30.4. The topological polar surface area (TPSA) is 80.0 Å². The Hall–Kier alpha value is -0.890. The van der Waals surface area contributed by atoms with Crippen LogP contribution in [-0.2, 0) is 18.5 Å². The molecule has 0 aliphatic rings. The summed E-state index contributed by atoms with van der Waals surface area (Å²) in [5.41, 5.74) is 4.97. The Morgan fingerprint density at radius 1 is 1.00 bits per heavy atom. The van der Waals surface area contributed by atoms with Gasteiger partial charge in [0.2, 0.25) is 0 Å². The molecule has 1 unspecified atom stereocenters. The van der Waals surface area contributed by atoms with Crippen molar-refractivity contribution in [2.75, 3.05) is 27.4 Å². The predicted octanol–water partition coefficient (Wildman–Crippen LogP) is 9.88. The van der Waals surface area contributed by atoms with Crippen LogP contribution in [0.15, 0.2) is 52.3 Å². The number of rotatable bonds is 14. The van der Waals surface area contributed by atoms with Crippen molar-refractivity contribution in [1.82, 2.24) is 0 Å². The predicted molar refractivity (Wildman–Crippen MR) is 172 cm³/mol. The van der Waals surface area contributed by atoms with Gasteiger partial charge in [0.05, 0.1) is 0 Å². The summed E-state index contributed by atoms with van der Waals surface area (Å²) >= 11 is 14.0. The molecule has 2 aromatic carbocycles. The molecular weight excluding hydrogens is 588 g/mol. The monoisotopic (exact) mass is 635 g/mol. The molecule has 2 aromatic rings. The van der Waals surface area contributed by atoms with E-state index in [-0.39, 0.29) is 10.3 Å². The summed E-state index contributed by atoms with van der Waals surface area (Å²) < 4.78 is 22.1. The zero-order valence-electron chi connectivity index (χ0n) is 25.3. The van der Waals surface area contributed by atoms with E-state index < -0.39 is 18.5 Å². The van der Waals surface area contributed by atoms with Crippen molar-refractivity contribution in [3.05, 3.63) is 52.5 Å². The molecule has 0 spiro atoms. The molecule has 0 heterocycles. The van der Waals surface area contributed by atoms with Crippen LogP contribution < -0.4 is 10.8 Å². The minimum absolute atomic E-state index is 0.252. The van der Waals surface area contributed by atoms with Gasteiger partial charge in [0.15, 0.2) is 0 Å². The molecule has 228 valence electrons. The Bertz CT molecular complexity index is 1060. The fourth-order valence-corrected chi connectivity index (χ4v) is 7.95. The summed E-state index contributed by atoms with van der Waals surface area (Å²) in [5, 5.41) is 1.16. The molecule has 1 atom stereocenters. The number of ether oxygens (including phenoxy) is 2. The van der Waals surface area contributed by atoms with E-state index in [4.69, 9.17) is 47.2 Å². The molecule has 40 heavy (non-hydrogen) atoms. The van der Waals surface area contributed by atoms with Gasteiger partial charge in [-0.15, -0.1) is 0 Å². The van der Waals surface area contributed by atoms with Crippen LogP contribution >= 0.6 is 42.2 Å². The second-order valence-corrected chi connectivity index (χ2v) is 16.3. The van der Waals surface area contributed by atoms with Crippen molar-refractivity contribution in [2.24, 2.45) is 11.4 Å². The molecule has 2 rings (SSSR count). The number of hydrogen-bond donors (Lipinski definition) is 1. The Kier molecular flexibility index (Phi) is 16.0. The first kappa shape index (κ1) is 37.1. The fourth-order valence-electron chi connectivity index (χ4n) is 3.74. The fraction of sp³-hybridized carbons (Fsp3) is 0.567. The summed E-state index contributed by atoms with van der Waals surface area (Å²) in [7, 11) is -1.89. The van der Waals surface area contributed by atoms with E-state index >= 15 is 0 Å². The van der Waals surface area contributed by atoms with Gasteiger partial charge in [-0.05, 0) is 18.8 Å². The number of carbonyl (C=O) groups excluding carboxylic acids is 1. The number of unbranched alkanes of at least 4 members (excludes halogenated alkanes) is 2. The van der Waals surface area contributed by atoms with Crippen molar-refractivity contribution >= 4 is 53.2 Å². The molecule has 6 nitrogen and oxygen atoms in total. The van der Waals surface area contributed by atoms with Crippen LogP contribution in [0.2, 0.25) is 10.0 Å². The number of benzene rings is 2. The van der Waals surface area contributed by atoms with Crippen LogP contribution in [0.3, 0.4) is 0 Å². The van der Waals surface area contributed by atoms with E-state index in [1.165, 1.54) is 58.1 Å². The van der Waals surface area contributed by atoms with E-state index in [0.717, 1.165) is 28.9 Å². The minimum atomic E-state index is -4.52. The van der Waals surface area contributed by atoms with E-state index in [9.17, 15) is 4.79 Å². The third-order valence-corrected chi connectivity index (χ3v) is 11.1. The zero-order valence-corrected chi connectivity index (χ0v) is 28.5. The van der Waals surface area contributed by atoms with Crippen LogP contribution in [-0.4, -0.2) is 38.7 Å². The van der Waals surface area contributed by atoms with Gasteiger partial charge >= 0.3 is 180 Å². The van der Waals surface area contributed by atoms with Gasteiger partial charge in [0, 0.05) is 13.2 Å². The summed E-state index contributed by atoms with van der Waals surface area (Å²) in [6.45, 7) is 13.9. The molecule has 2 N–H and O–H groups in total. The molecule has 0 aromatic heterocycles. The first-order valence-electron chi connectivity index (χ1n) is 13.7. The van der Waals surface area contributed by atoms with Gasteiger partial charge in [0.1, 0.15) is 0 Å². The SMILES string of the molecule is CCCCCOCC(C)CCC.COP(N)(OC)(C(=O)OC(C)(C)C)c1ccc(Sc2cccc(Cl)c2)cc1Cl. The van der Waals surface area contributed by atoms with Crippen molar-refractivity contribution in [3.8, 4) is 0 Å². The molecule has 0 aliphatic carbocycles. The quantitative estimate of drug-likeness (QED) is 0.163. The Labute approximate surface area is 256 Å². The van der Waals surface area contributed by atoms with Gasteiger partial charge < -0.3 is 4.74 Å². The summed E-state index contributed by atoms with van der Waals surface area (Å²) in [5.74, 6) is 0.747.